The number of carbonyl (C=O) groups excluding carboxylic acids is 1. The van der Waals surface area contributed by atoms with E-state index in [1.807, 2.05) is 0 Å². The Kier molecular flexibility index (Phi) is 5.24. The molecule has 0 aliphatic heterocycles. The Morgan fingerprint density at radius 2 is 2.04 bits per heavy atom. The third-order valence-corrected chi connectivity index (χ3v) is 6.56. The molecule has 0 aliphatic rings. The van der Waals surface area contributed by atoms with Crippen molar-refractivity contribution in [2.75, 3.05) is 0 Å². The van der Waals surface area contributed by atoms with Crippen molar-refractivity contribution in [3.05, 3.63) is 44.8 Å². The normalized spacial score (nSPS) is 11.9. The summed E-state index contributed by atoms with van der Waals surface area (Å²) in [4.78, 5) is 28.6. The molecule has 0 saturated carbocycles. The van der Waals surface area contributed by atoms with Crippen LogP contribution in [-0.2, 0) is 10.2 Å². The largest absolute Gasteiger partial charge is 0.400 e. The van der Waals surface area contributed by atoms with Gasteiger partial charge in [-0.15, -0.1) is 11.3 Å². The van der Waals surface area contributed by atoms with Gasteiger partial charge in [0.05, 0.1) is 4.70 Å². The van der Waals surface area contributed by atoms with Gasteiger partial charge in [0.15, 0.2) is 0 Å². The Morgan fingerprint density at radius 3 is 2.52 bits per heavy atom. The Morgan fingerprint density at radius 1 is 1.44 bits per heavy atom. The lowest BCUT2D eigenvalue weighted by molar-refractivity contribution is 0.0595. The lowest BCUT2D eigenvalue weighted by Gasteiger charge is -2.16. The number of carbonyl (C=O) groups is 1. The first-order valence-electron chi connectivity index (χ1n) is 6.53. The average Bonchev–Trinajstić information content (AvgIpc) is 2.81. The molecule has 5 nitrogen and oxygen atoms in total. The van der Waals surface area contributed by atoms with Gasteiger partial charge in [0, 0.05) is 21.0 Å². The molecule has 1 heterocycles. The van der Waals surface area contributed by atoms with E-state index >= 15 is 0 Å². The number of fused-ring (bicyclic) bond motifs is 1. The summed E-state index contributed by atoms with van der Waals surface area (Å²) in [5, 5.41) is 0.162. The van der Waals surface area contributed by atoms with Crippen molar-refractivity contribution in [3.63, 3.8) is 0 Å². The highest BCUT2D eigenvalue weighted by molar-refractivity contribution is 9.10. The van der Waals surface area contributed by atoms with Gasteiger partial charge in [-0.1, -0.05) is 18.4 Å². The minimum Gasteiger partial charge on any atom is -0.366 e. The number of benzene rings is 1. The Balaban J connectivity index is 2.89. The minimum atomic E-state index is -5.74. The second-order valence-corrected chi connectivity index (χ2v) is 8.59. The molecule has 2 aromatic rings. The summed E-state index contributed by atoms with van der Waals surface area (Å²) in [6.07, 6.45) is 0. The topological polar surface area (TPSA) is 101 Å². The van der Waals surface area contributed by atoms with Crippen LogP contribution in [0.2, 0.25) is 0 Å². The SMILES string of the molecule is C=C(C)C#Cc1cc(C(N)=O)cc2c(Br)c(C(F)(F)P(=O)(O)O)sc12. The number of thiophene rings is 1. The molecule has 10 heteroatoms. The van der Waals surface area contributed by atoms with Gasteiger partial charge in [-0.25, -0.2) is 0 Å². The van der Waals surface area contributed by atoms with Crippen LogP contribution in [0, 0.1) is 11.8 Å². The zero-order chi connectivity index (χ0) is 19.2. The lowest BCUT2D eigenvalue weighted by atomic mass is 10.1. The summed E-state index contributed by atoms with van der Waals surface area (Å²) in [6, 6.07) is 2.60. The molecule has 2 rings (SSSR count). The number of amides is 1. The third-order valence-electron chi connectivity index (χ3n) is 3.06. The van der Waals surface area contributed by atoms with Crippen molar-refractivity contribution < 1.29 is 27.9 Å². The first-order valence-corrected chi connectivity index (χ1v) is 9.75. The molecule has 25 heavy (non-hydrogen) atoms. The Hall–Kier alpha value is -1.56. The van der Waals surface area contributed by atoms with E-state index in [0.29, 0.717) is 16.9 Å². The lowest BCUT2D eigenvalue weighted by Crippen LogP contribution is -2.12. The molecule has 1 aromatic carbocycles. The van der Waals surface area contributed by atoms with Crippen LogP contribution in [-0.4, -0.2) is 15.7 Å². The summed E-state index contributed by atoms with van der Waals surface area (Å²) >= 11 is 3.43. The van der Waals surface area contributed by atoms with E-state index in [9.17, 15) is 18.1 Å². The van der Waals surface area contributed by atoms with E-state index in [4.69, 9.17) is 15.5 Å². The number of halogens is 3. The van der Waals surface area contributed by atoms with Crippen molar-refractivity contribution >= 4 is 50.9 Å². The van der Waals surface area contributed by atoms with Crippen LogP contribution >= 0.6 is 34.9 Å². The van der Waals surface area contributed by atoms with E-state index in [2.05, 4.69) is 34.3 Å². The first-order chi connectivity index (χ1) is 11.4. The van der Waals surface area contributed by atoms with E-state index in [1.165, 1.54) is 12.1 Å². The quantitative estimate of drug-likeness (QED) is 0.488. The molecule has 0 radical (unpaired) electrons. The second-order valence-electron chi connectivity index (χ2n) is 5.13. The zero-order valence-corrected chi connectivity index (χ0v) is 15.9. The molecule has 0 unspecified atom stereocenters. The van der Waals surface area contributed by atoms with Crippen LogP contribution in [0.25, 0.3) is 10.1 Å². The van der Waals surface area contributed by atoms with E-state index in [0.717, 1.165) is 0 Å². The van der Waals surface area contributed by atoms with E-state index in [1.54, 1.807) is 6.92 Å². The van der Waals surface area contributed by atoms with E-state index in [-0.39, 0.29) is 25.7 Å². The number of hydrogen-bond donors (Lipinski definition) is 3. The fraction of sp³-hybridized carbons (Fsp3) is 0.133. The highest BCUT2D eigenvalue weighted by Gasteiger charge is 2.53. The number of rotatable bonds is 3. The van der Waals surface area contributed by atoms with Crippen LogP contribution in [0.3, 0.4) is 0 Å². The monoisotopic (exact) mass is 449 g/mol. The molecule has 0 fully saturated rings. The van der Waals surface area contributed by atoms with Crippen molar-refractivity contribution in [3.8, 4) is 11.8 Å². The number of alkyl halides is 2. The van der Waals surface area contributed by atoms with Crippen molar-refractivity contribution in [2.24, 2.45) is 5.73 Å². The maximum Gasteiger partial charge on any atom is 0.400 e. The van der Waals surface area contributed by atoms with Crippen molar-refractivity contribution in [1.82, 2.24) is 0 Å². The molecule has 0 aliphatic carbocycles. The van der Waals surface area contributed by atoms with Gasteiger partial charge in [0.25, 0.3) is 0 Å². The highest BCUT2D eigenvalue weighted by atomic mass is 79.9. The molecule has 4 N–H and O–H groups in total. The summed E-state index contributed by atoms with van der Waals surface area (Å²) in [6.45, 7) is 5.25. The first kappa shape index (κ1) is 19.8. The molecule has 1 amide bonds. The maximum atomic E-state index is 14.1. The maximum absolute atomic E-state index is 14.1. The van der Waals surface area contributed by atoms with Gasteiger partial charge in [-0.05, 0) is 40.6 Å². The van der Waals surface area contributed by atoms with Crippen LogP contribution in [0.5, 0.6) is 0 Å². The third kappa shape index (κ3) is 3.68. The van der Waals surface area contributed by atoms with Crippen LogP contribution < -0.4 is 5.73 Å². The van der Waals surface area contributed by atoms with Gasteiger partial charge in [0.1, 0.15) is 4.88 Å². The Labute approximate surface area is 153 Å². The Bertz CT molecular complexity index is 1020. The van der Waals surface area contributed by atoms with Crippen LogP contribution in [0.15, 0.2) is 28.8 Å². The molecule has 0 bridgehead atoms. The summed E-state index contributed by atoms with van der Waals surface area (Å²) in [5.41, 5.74) is 1.63. The van der Waals surface area contributed by atoms with E-state index < -0.39 is 24.0 Å². The number of primary amides is 1. The molecular weight excluding hydrogens is 439 g/mol. The number of nitrogens with two attached hydrogens (primary N) is 1. The minimum absolute atomic E-state index is 0.0306. The van der Waals surface area contributed by atoms with Gasteiger partial charge in [-0.3, -0.25) is 9.36 Å². The van der Waals surface area contributed by atoms with Gasteiger partial charge in [0.2, 0.25) is 5.91 Å². The smallest absolute Gasteiger partial charge is 0.366 e. The molecular formula is C15H11BrF2NO4PS. The summed E-state index contributed by atoms with van der Waals surface area (Å²) < 4.78 is 39.5. The van der Waals surface area contributed by atoms with Crippen molar-refractivity contribution in [2.45, 2.75) is 12.6 Å². The van der Waals surface area contributed by atoms with Crippen LogP contribution in [0.4, 0.5) is 8.78 Å². The summed E-state index contributed by atoms with van der Waals surface area (Å²) in [5.74, 6) is 4.59. The second kappa shape index (κ2) is 6.63. The number of allylic oxidation sites excluding steroid dienone is 1. The predicted molar refractivity (Wildman–Crippen MR) is 95.7 cm³/mol. The fourth-order valence-electron chi connectivity index (χ4n) is 1.91. The van der Waals surface area contributed by atoms with Gasteiger partial charge < -0.3 is 15.5 Å². The van der Waals surface area contributed by atoms with Crippen molar-refractivity contribution in [1.29, 1.82) is 0 Å². The zero-order valence-electron chi connectivity index (χ0n) is 12.6. The molecule has 0 atom stereocenters. The molecule has 132 valence electrons. The standard InChI is InChI=1S/C15H11BrF2NO4PS/c1-7(2)3-4-8-5-9(14(19)20)6-10-11(16)13(25-12(8)10)15(17,18)24(21,22)23/h5-6H,1H2,2H3,(H2,19,20)(H2,21,22,23). The molecule has 0 saturated heterocycles. The molecule has 0 spiro atoms. The van der Waals surface area contributed by atoms with Gasteiger partial charge >= 0.3 is 13.3 Å². The highest BCUT2D eigenvalue weighted by Crippen LogP contribution is 2.63. The average molecular weight is 450 g/mol. The molecule has 1 aromatic heterocycles. The summed E-state index contributed by atoms with van der Waals surface area (Å²) in [7, 11) is -5.74. The van der Waals surface area contributed by atoms with Gasteiger partial charge in [-0.2, -0.15) is 8.78 Å². The van der Waals surface area contributed by atoms with Crippen LogP contribution in [0.1, 0.15) is 27.7 Å². The predicted octanol–water partition coefficient (Wildman–Crippen LogP) is 3.92. The number of hydrogen-bond acceptors (Lipinski definition) is 3. The fourth-order valence-corrected chi connectivity index (χ4v) is 4.88.